The van der Waals surface area contributed by atoms with Gasteiger partial charge in [-0.05, 0) is 24.3 Å². The summed E-state index contributed by atoms with van der Waals surface area (Å²) in [5, 5.41) is 0. The number of nitrogens with zero attached hydrogens (tertiary/aromatic N) is 3. The van der Waals surface area contributed by atoms with Crippen LogP contribution in [0, 0.1) is 0 Å². The first kappa shape index (κ1) is 8.91. The van der Waals surface area contributed by atoms with Gasteiger partial charge < -0.3 is 5.73 Å². The third-order valence-electron chi connectivity index (χ3n) is 2.45. The largest absolute Gasteiger partial charge is 0.384 e. The summed E-state index contributed by atoms with van der Waals surface area (Å²) in [5.74, 6) is 0.517. The van der Waals surface area contributed by atoms with Gasteiger partial charge in [-0.1, -0.05) is 12.1 Å². The maximum Gasteiger partial charge on any atom is 0.137 e. The quantitative estimate of drug-likeness (QED) is 0.668. The van der Waals surface area contributed by atoms with Crippen molar-refractivity contribution in [1.29, 1.82) is 0 Å². The van der Waals surface area contributed by atoms with E-state index in [1.807, 2.05) is 40.9 Å². The molecule has 0 bridgehead atoms. The lowest BCUT2D eigenvalue weighted by molar-refractivity contribution is 1.17. The van der Waals surface area contributed by atoms with Gasteiger partial charge in [0.05, 0.1) is 17.6 Å². The normalized spacial score (nSPS) is 10.8. The number of nitrogens with two attached hydrogens (primary N) is 1. The Bertz CT molecular complexity index is 642. The Kier molecular flexibility index (Phi) is 1.86. The fourth-order valence-electron chi connectivity index (χ4n) is 1.72. The van der Waals surface area contributed by atoms with Gasteiger partial charge in [0.15, 0.2) is 0 Å². The summed E-state index contributed by atoms with van der Waals surface area (Å²) in [4.78, 5) is 8.59. The molecule has 78 valence electrons. The first-order chi connectivity index (χ1) is 7.84. The molecule has 0 fully saturated rings. The summed E-state index contributed by atoms with van der Waals surface area (Å²) in [6, 6.07) is 11.5. The van der Waals surface area contributed by atoms with E-state index in [9.17, 15) is 0 Å². The van der Waals surface area contributed by atoms with Crippen molar-refractivity contribution >= 4 is 11.5 Å². The number of hydrogen-bond donors (Lipinski definition) is 1. The van der Waals surface area contributed by atoms with Crippen LogP contribution in [0.1, 0.15) is 0 Å². The lowest BCUT2D eigenvalue weighted by Gasteiger charge is -2.01. The Labute approximate surface area is 92.4 Å². The number of hydrogen-bond acceptors (Lipinski definition) is 3. The van der Waals surface area contributed by atoms with Crippen molar-refractivity contribution in [1.82, 2.24) is 14.4 Å². The van der Waals surface area contributed by atoms with Crippen molar-refractivity contribution in [3.05, 3.63) is 48.8 Å². The van der Waals surface area contributed by atoms with Crippen molar-refractivity contribution in [2.45, 2.75) is 0 Å². The van der Waals surface area contributed by atoms with Crippen molar-refractivity contribution in [3.8, 4) is 11.4 Å². The molecule has 0 aromatic carbocycles. The van der Waals surface area contributed by atoms with Gasteiger partial charge in [-0.25, -0.2) is 9.97 Å². The van der Waals surface area contributed by atoms with E-state index in [2.05, 4.69) is 9.97 Å². The third-order valence-corrected chi connectivity index (χ3v) is 2.45. The van der Waals surface area contributed by atoms with Gasteiger partial charge in [0, 0.05) is 6.20 Å². The van der Waals surface area contributed by atoms with Crippen molar-refractivity contribution < 1.29 is 0 Å². The van der Waals surface area contributed by atoms with Crippen LogP contribution in [0.15, 0.2) is 48.8 Å². The van der Waals surface area contributed by atoms with Crippen molar-refractivity contribution in [2.75, 3.05) is 5.73 Å². The lowest BCUT2D eigenvalue weighted by Crippen LogP contribution is -1.93. The van der Waals surface area contributed by atoms with Gasteiger partial charge in [0.2, 0.25) is 0 Å². The summed E-state index contributed by atoms with van der Waals surface area (Å²) in [6.07, 6.45) is 3.76. The predicted octanol–water partition coefficient (Wildman–Crippen LogP) is 1.98. The number of fused-ring (bicyclic) bond motifs is 1. The maximum atomic E-state index is 5.67. The van der Waals surface area contributed by atoms with E-state index in [0.717, 1.165) is 17.0 Å². The number of pyridine rings is 2. The van der Waals surface area contributed by atoms with Gasteiger partial charge >= 0.3 is 0 Å². The molecule has 0 amide bonds. The summed E-state index contributed by atoms with van der Waals surface area (Å²) >= 11 is 0. The van der Waals surface area contributed by atoms with Gasteiger partial charge in [-0.15, -0.1) is 0 Å². The van der Waals surface area contributed by atoms with E-state index in [0.29, 0.717) is 5.82 Å². The second-order valence-electron chi connectivity index (χ2n) is 3.52. The molecule has 4 nitrogen and oxygen atoms in total. The van der Waals surface area contributed by atoms with Crippen LogP contribution in [0.2, 0.25) is 0 Å². The lowest BCUT2D eigenvalue weighted by atomic mass is 10.3. The van der Waals surface area contributed by atoms with Crippen LogP contribution in [0.5, 0.6) is 0 Å². The molecule has 16 heavy (non-hydrogen) atoms. The van der Waals surface area contributed by atoms with E-state index < -0.39 is 0 Å². The van der Waals surface area contributed by atoms with Gasteiger partial charge in [-0.2, -0.15) is 0 Å². The zero-order chi connectivity index (χ0) is 11.0. The Morgan fingerprint density at radius 2 is 2.00 bits per heavy atom. The number of anilines is 1. The third kappa shape index (κ3) is 1.32. The Balaban J connectivity index is 2.26. The summed E-state index contributed by atoms with van der Waals surface area (Å²) in [6.45, 7) is 0. The van der Waals surface area contributed by atoms with E-state index in [4.69, 9.17) is 5.73 Å². The zero-order valence-corrected chi connectivity index (χ0v) is 8.54. The topological polar surface area (TPSA) is 56.2 Å². The first-order valence-corrected chi connectivity index (χ1v) is 4.99. The summed E-state index contributed by atoms with van der Waals surface area (Å²) in [7, 11) is 0. The highest BCUT2D eigenvalue weighted by molar-refractivity contribution is 5.61. The van der Waals surface area contributed by atoms with Crippen LogP contribution in [-0.2, 0) is 0 Å². The van der Waals surface area contributed by atoms with Gasteiger partial charge in [0.1, 0.15) is 11.5 Å². The Morgan fingerprint density at radius 3 is 2.88 bits per heavy atom. The first-order valence-electron chi connectivity index (χ1n) is 4.99. The molecule has 0 spiro atoms. The fraction of sp³-hybridized carbons (Fsp3) is 0. The minimum Gasteiger partial charge on any atom is -0.384 e. The average Bonchev–Trinajstić information content (AvgIpc) is 2.72. The molecule has 3 rings (SSSR count). The van der Waals surface area contributed by atoms with Crippen LogP contribution < -0.4 is 5.73 Å². The predicted molar refractivity (Wildman–Crippen MR) is 62.8 cm³/mol. The second-order valence-corrected chi connectivity index (χ2v) is 3.52. The van der Waals surface area contributed by atoms with Crippen LogP contribution in [0.25, 0.3) is 17.0 Å². The van der Waals surface area contributed by atoms with Crippen LogP contribution in [0.3, 0.4) is 0 Å². The number of imidazole rings is 1. The van der Waals surface area contributed by atoms with Crippen LogP contribution >= 0.6 is 0 Å². The van der Waals surface area contributed by atoms with Gasteiger partial charge in [-0.3, -0.25) is 4.40 Å². The van der Waals surface area contributed by atoms with Crippen LogP contribution in [0.4, 0.5) is 5.82 Å². The van der Waals surface area contributed by atoms with E-state index >= 15 is 0 Å². The monoisotopic (exact) mass is 210 g/mol. The molecule has 0 unspecified atom stereocenters. The molecule has 0 aliphatic heterocycles. The summed E-state index contributed by atoms with van der Waals surface area (Å²) in [5.41, 5.74) is 8.35. The minimum atomic E-state index is 0.517. The molecule has 0 saturated carbocycles. The molecule has 0 aliphatic rings. The second kappa shape index (κ2) is 3.34. The highest BCUT2D eigenvalue weighted by Gasteiger charge is 2.05. The molecule has 4 heteroatoms. The molecular formula is C12H10N4. The van der Waals surface area contributed by atoms with E-state index in [1.54, 1.807) is 12.3 Å². The highest BCUT2D eigenvalue weighted by Crippen LogP contribution is 2.19. The molecule has 3 heterocycles. The van der Waals surface area contributed by atoms with E-state index in [1.165, 1.54) is 0 Å². The Hall–Kier alpha value is -2.36. The summed E-state index contributed by atoms with van der Waals surface area (Å²) < 4.78 is 1.99. The van der Waals surface area contributed by atoms with Crippen LogP contribution in [-0.4, -0.2) is 14.4 Å². The fourth-order valence-corrected chi connectivity index (χ4v) is 1.72. The van der Waals surface area contributed by atoms with Crippen molar-refractivity contribution in [2.24, 2.45) is 0 Å². The molecule has 3 aromatic rings. The molecule has 3 aromatic heterocycles. The standard InChI is InChI=1S/C12H10N4/c13-11-5-3-4-9(15-11)10-8-14-12-6-1-2-7-16(10)12/h1-8H,(H2,13,15). The molecular weight excluding hydrogens is 200 g/mol. The number of rotatable bonds is 1. The molecule has 0 aliphatic carbocycles. The smallest absolute Gasteiger partial charge is 0.137 e. The Morgan fingerprint density at radius 1 is 1.06 bits per heavy atom. The number of aromatic nitrogens is 3. The molecule has 0 atom stereocenters. The molecule has 0 saturated heterocycles. The number of nitrogen functional groups attached to an aromatic ring is 1. The van der Waals surface area contributed by atoms with Gasteiger partial charge in [0.25, 0.3) is 0 Å². The van der Waals surface area contributed by atoms with E-state index in [-0.39, 0.29) is 0 Å². The molecule has 2 N–H and O–H groups in total. The average molecular weight is 210 g/mol. The minimum absolute atomic E-state index is 0.517. The SMILES string of the molecule is Nc1cccc(-c2cnc3ccccn23)n1. The van der Waals surface area contributed by atoms with Crippen molar-refractivity contribution in [3.63, 3.8) is 0 Å². The molecule has 0 radical (unpaired) electrons. The highest BCUT2D eigenvalue weighted by atomic mass is 15.0. The zero-order valence-electron chi connectivity index (χ0n) is 8.54. The maximum absolute atomic E-state index is 5.67.